The average Bonchev–Trinajstić information content (AvgIpc) is 2.49. The van der Waals surface area contributed by atoms with E-state index in [2.05, 4.69) is 17.1 Å². The molecule has 1 fully saturated rings. The van der Waals surface area contributed by atoms with Crippen molar-refractivity contribution in [1.82, 2.24) is 4.90 Å². The Bertz CT molecular complexity index is 565. The van der Waals surface area contributed by atoms with Gasteiger partial charge < -0.3 is 5.32 Å². The van der Waals surface area contributed by atoms with Gasteiger partial charge in [-0.15, -0.1) is 0 Å². The van der Waals surface area contributed by atoms with Crippen molar-refractivity contribution >= 4 is 28.9 Å². The summed E-state index contributed by atoms with van der Waals surface area (Å²) in [4.78, 5) is 24.8. The number of rotatable bonds is 5. The minimum atomic E-state index is -0.544. The molecule has 1 saturated heterocycles. The highest BCUT2D eigenvalue weighted by atomic mass is 35.5. The molecular weight excluding hydrogens is 306 g/mol. The summed E-state index contributed by atoms with van der Waals surface area (Å²) >= 11 is 5.77. The summed E-state index contributed by atoms with van der Waals surface area (Å²) in [7, 11) is 0. The van der Waals surface area contributed by atoms with Crippen molar-refractivity contribution in [2.45, 2.75) is 38.6 Å². The highest BCUT2D eigenvalue weighted by molar-refractivity contribution is 6.31. The van der Waals surface area contributed by atoms with Gasteiger partial charge in [0.15, 0.2) is 0 Å². The van der Waals surface area contributed by atoms with E-state index in [-0.39, 0.29) is 28.8 Å². The summed E-state index contributed by atoms with van der Waals surface area (Å²) in [6.07, 6.45) is 4.39. The fourth-order valence-corrected chi connectivity index (χ4v) is 3.03. The molecule has 0 aromatic heterocycles. The monoisotopic (exact) mass is 325 g/mol. The molecule has 0 spiro atoms. The summed E-state index contributed by atoms with van der Waals surface area (Å²) in [5.74, 6) is -0.231. The SMILES string of the molecule is CCC1CCCCN1CC(=O)Nc1ccc(Cl)cc1[N+](=O)[O-]. The summed E-state index contributed by atoms with van der Waals surface area (Å²) in [5.41, 5.74) is -0.00371. The van der Waals surface area contributed by atoms with Gasteiger partial charge in [0.05, 0.1) is 11.5 Å². The Morgan fingerprint density at radius 1 is 1.50 bits per heavy atom. The molecule has 1 N–H and O–H groups in total. The molecule has 1 aliphatic rings. The molecule has 22 heavy (non-hydrogen) atoms. The van der Waals surface area contributed by atoms with Gasteiger partial charge in [-0.05, 0) is 37.9 Å². The number of nitro groups is 1. The quantitative estimate of drug-likeness (QED) is 0.664. The van der Waals surface area contributed by atoms with Gasteiger partial charge in [0.1, 0.15) is 5.69 Å². The molecular formula is C15H20ClN3O3. The van der Waals surface area contributed by atoms with Crippen LogP contribution in [0.4, 0.5) is 11.4 Å². The van der Waals surface area contributed by atoms with Crippen LogP contribution in [0.15, 0.2) is 18.2 Å². The number of carbonyl (C=O) groups is 1. The van der Waals surface area contributed by atoms with Crippen LogP contribution in [0, 0.1) is 10.1 Å². The number of hydrogen-bond donors (Lipinski definition) is 1. The fraction of sp³-hybridized carbons (Fsp3) is 0.533. The van der Waals surface area contributed by atoms with Gasteiger partial charge in [-0.1, -0.05) is 24.9 Å². The number of amides is 1. The van der Waals surface area contributed by atoms with E-state index in [0.717, 1.165) is 25.8 Å². The van der Waals surface area contributed by atoms with E-state index >= 15 is 0 Å². The van der Waals surface area contributed by atoms with Gasteiger partial charge in [-0.2, -0.15) is 0 Å². The molecule has 1 aromatic carbocycles. The molecule has 1 aliphatic heterocycles. The Morgan fingerprint density at radius 3 is 2.95 bits per heavy atom. The second-order valence-corrected chi connectivity index (χ2v) is 5.93. The van der Waals surface area contributed by atoms with Gasteiger partial charge in [-0.3, -0.25) is 19.8 Å². The van der Waals surface area contributed by atoms with E-state index < -0.39 is 4.92 Å². The van der Waals surface area contributed by atoms with Crippen molar-refractivity contribution in [2.24, 2.45) is 0 Å². The molecule has 1 unspecified atom stereocenters. The third-order valence-corrected chi connectivity index (χ3v) is 4.23. The number of halogens is 1. The van der Waals surface area contributed by atoms with Gasteiger partial charge in [-0.25, -0.2) is 0 Å². The molecule has 1 aromatic rings. The van der Waals surface area contributed by atoms with Gasteiger partial charge >= 0.3 is 0 Å². The standard InChI is InChI=1S/C15H20ClN3O3/c1-2-12-5-3-4-8-18(12)10-15(20)17-13-7-6-11(16)9-14(13)19(21)22/h6-7,9,12H,2-5,8,10H2,1H3,(H,17,20). The Morgan fingerprint density at radius 2 is 2.27 bits per heavy atom. The zero-order chi connectivity index (χ0) is 16.1. The van der Waals surface area contributed by atoms with Crippen LogP contribution in [0.1, 0.15) is 32.6 Å². The smallest absolute Gasteiger partial charge is 0.294 e. The first-order valence-corrected chi connectivity index (χ1v) is 7.87. The number of nitro benzene ring substituents is 1. The molecule has 0 saturated carbocycles. The first-order valence-electron chi connectivity index (χ1n) is 7.49. The lowest BCUT2D eigenvalue weighted by atomic mass is 10.00. The lowest BCUT2D eigenvalue weighted by molar-refractivity contribution is -0.383. The van der Waals surface area contributed by atoms with Crippen molar-refractivity contribution in [3.05, 3.63) is 33.3 Å². The van der Waals surface area contributed by atoms with E-state index in [4.69, 9.17) is 11.6 Å². The molecule has 1 amide bonds. The fourth-order valence-electron chi connectivity index (χ4n) is 2.87. The highest BCUT2D eigenvalue weighted by Gasteiger charge is 2.24. The van der Waals surface area contributed by atoms with Crippen LogP contribution >= 0.6 is 11.6 Å². The first-order chi connectivity index (χ1) is 10.5. The predicted molar refractivity (Wildman–Crippen MR) is 86.2 cm³/mol. The molecule has 2 rings (SSSR count). The van der Waals surface area contributed by atoms with Gasteiger partial charge in [0.2, 0.25) is 5.91 Å². The zero-order valence-corrected chi connectivity index (χ0v) is 13.3. The van der Waals surface area contributed by atoms with Crippen LogP contribution < -0.4 is 5.32 Å². The molecule has 7 heteroatoms. The molecule has 0 radical (unpaired) electrons. The van der Waals surface area contributed by atoms with Crippen LogP contribution in [0.3, 0.4) is 0 Å². The van der Waals surface area contributed by atoms with E-state index in [1.807, 2.05) is 0 Å². The largest absolute Gasteiger partial charge is 0.319 e. The number of hydrogen-bond acceptors (Lipinski definition) is 4. The van der Waals surface area contributed by atoms with Crippen molar-refractivity contribution in [1.29, 1.82) is 0 Å². The van der Waals surface area contributed by atoms with Crippen LogP contribution in [0.5, 0.6) is 0 Å². The van der Waals surface area contributed by atoms with Crippen molar-refractivity contribution in [3.8, 4) is 0 Å². The topological polar surface area (TPSA) is 75.5 Å². The normalized spacial score (nSPS) is 18.9. The minimum absolute atomic E-state index is 0.185. The first kappa shape index (κ1) is 16.7. The number of carbonyl (C=O) groups excluding carboxylic acids is 1. The van der Waals surface area contributed by atoms with Crippen molar-refractivity contribution in [3.63, 3.8) is 0 Å². The van der Waals surface area contributed by atoms with E-state index in [9.17, 15) is 14.9 Å². The average molecular weight is 326 g/mol. The number of piperidine rings is 1. The maximum Gasteiger partial charge on any atom is 0.294 e. The highest BCUT2D eigenvalue weighted by Crippen LogP contribution is 2.28. The molecule has 6 nitrogen and oxygen atoms in total. The van der Waals surface area contributed by atoms with E-state index in [0.29, 0.717) is 6.04 Å². The Kier molecular flexibility index (Phi) is 5.74. The Labute approximate surface area is 134 Å². The maximum atomic E-state index is 12.2. The maximum absolute atomic E-state index is 12.2. The van der Waals surface area contributed by atoms with Crippen LogP contribution in [-0.4, -0.2) is 34.9 Å². The lowest BCUT2D eigenvalue weighted by Gasteiger charge is -2.34. The van der Waals surface area contributed by atoms with Gasteiger partial charge in [0.25, 0.3) is 5.69 Å². The molecule has 0 bridgehead atoms. The van der Waals surface area contributed by atoms with Crippen LogP contribution in [-0.2, 0) is 4.79 Å². The summed E-state index contributed by atoms with van der Waals surface area (Å²) in [6.45, 7) is 3.28. The second kappa shape index (κ2) is 7.56. The van der Waals surface area contributed by atoms with Crippen molar-refractivity contribution in [2.75, 3.05) is 18.4 Å². The number of anilines is 1. The Hall–Kier alpha value is -1.66. The number of benzene rings is 1. The summed E-state index contributed by atoms with van der Waals surface area (Å²) in [6, 6.07) is 4.65. The second-order valence-electron chi connectivity index (χ2n) is 5.50. The third-order valence-electron chi connectivity index (χ3n) is 4.00. The Balaban J connectivity index is 2.04. The lowest BCUT2D eigenvalue weighted by Crippen LogP contribution is -2.43. The number of nitrogens with zero attached hydrogens (tertiary/aromatic N) is 2. The van der Waals surface area contributed by atoms with E-state index in [1.54, 1.807) is 0 Å². The summed E-state index contributed by atoms with van der Waals surface area (Å²) in [5, 5.41) is 13.9. The number of nitrogens with one attached hydrogen (secondary N) is 1. The van der Waals surface area contributed by atoms with E-state index in [1.165, 1.54) is 24.6 Å². The molecule has 1 atom stereocenters. The molecule has 1 heterocycles. The van der Waals surface area contributed by atoms with Crippen LogP contribution in [0.2, 0.25) is 5.02 Å². The zero-order valence-electron chi connectivity index (χ0n) is 12.5. The predicted octanol–water partition coefficient (Wildman–Crippen LogP) is 3.45. The molecule has 0 aliphatic carbocycles. The minimum Gasteiger partial charge on any atom is -0.319 e. The number of likely N-dealkylation sites (tertiary alicyclic amines) is 1. The van der Waals surface area contributed by atoms with Crippen LogP contribution in [0.25, 0.3) is 0 Å². The summed E-state index contributed by atoms with van der Waals surface area (Å²) < 4.78 is 0. The molecule has 120 valence electrons. The van der Waals surface area contributed by atoms with Gasteiger partial charge in [0, 0.05) is 17.1 Å². The van der Waals surface area contributed by atoms with Crippen molar-refractivity contribution < 1.29 is 9.72 Å². The third kappa shape index (κ3) is 4.18.